The van der Waals surface area contributed by atoms with Crippen LogP contribution in [-0.4, -0.2) is 18.7 Å². The molecule has 4 heteroatoms. The first-order valence-corrected chi connectivity index (χ1v) is 28.5. The van der Waals surface area contributed by atoms with Crippen LogP contribution in [0.3, 0.4) is 0 Å². The van der Waals surface area contributed by atoms with Gasteiger partial charge in [-0.15, -0.1) is 11.3 Å². The first-order valence-electron chi connectivity index (χ1n) is 27.7. The molecule has 1 aliphatic heterocycles. The number of benzene rings is 2. The smallest absolute Gasteiger partial charge is 0.210 e. The average Bonchev–Trinajstić information content (AvgIpc) is 3.63. The lowest BCUT2D eigenvalue weighted by Crippen LogP contribution is -2.33. The van der Waals surface area contributed by atoms with Gasteiger partial charge in [0.25, 0.3) is 0 Å². The van der Waals surface area contributed by atoms with E-state index in [2.05, 4.69) is 245 Å². The molecule has 71 heavy (non-hydrogen) atoms. The highest BCUT2D eigenvalue weighted by Gasteiger charge is 2.39. The first kappa shape index (κ1) is 56.3. The van der Waals surface area contributed by atoms with E-state index >= 15 is 0 Å². The van der Waals surface area contributed by atoms with Gasteiger partial charge in [-0.3, -0.25) is 0 Å². The third kappa shape index (κ3) is 14.4. The lowest BCUT2D eigenvalue weighted by Gasteiger charge is -2.42. The van der Waals surface area contributed by atoms with Gasteiger partial charge in [0, 0.05) is 39.9 Å². The molecule has 2 aromatic carbocycles. The zero-order chi connectivity index (χ0) is 52.2. The second-order valence-corrected chi connectivity index (χ2v) is 27.8. The summed E-state index contributed by atoms with van der Waals surface area (Å²) in [5.41, 5.74) is 14.7. The van der Waals surface area contributed by atoms with Crippen molar-refractivity contribution in [3.8, 4) is 0 Å². The van der Waals surface area contributed by atoms with Crippen molar-refractivity contribution in [2.45, 2.75) is 212 Å². The molecular formula is C67H96BN2S. The largest absolute Gasteiger partial charge is 0.337 e. The highest BCUT2D eigenvalue weighted by atomic mass is 32.1. The van der Waals surface area contributed by atoms with E-state index in [4.69, 9.17) is 0 Å². The molecule has 1 aromatic heterocycles. The quantitative estimate of drug-likeness (QED) is 0.0802. The van der Waals surface area contributed by atoms with Crippen LogP contribution in [0.15, 0.2) is 131 Å². The molecule has 1 radical (unpaired) electrons. The fourth-order valence-corrected chi connectivity index (χ4v) is 12.1. The van der Waals surface area contributed by atoms with Gasteiger partial charge in [0.15, 0.2) is 0 Å². The Bertz CT molecular complexity index is 2580. The molecule has 0 atom stereocenters. The topological polar surface area (TPSA) is 6.48 Å². The fraction of sp³-hybridized carbons (Fsp3) is 0.552. The van der Waals surface area contributed by atoms with Gasteiger partial charge in [0.05, 0.1) is 5.69 Å². The second kappa shape index (κ2) is 22.6. The molecular weight excluding hydrogens is 876 g/mol. The third-order valence-corrected chi connectivity index (χ3v) is 17.6. The summed E-state index contributed by atoms with van der Waals surface area (Å²) >= 11 is 2.00. The van der Waals surface area contributed by atoms with Gasteiger partial charge in [-0.25, -0.2) is 0 Å². The standard InChI is InChI=1S/C67H96BN2S/c1-19-20-21-22-23-24-25-26-33-62(7,8)35-36-63(9,10)34-27-41-69-50(6)58(44-52-47-64(11,12)37-38-65(52,13)14)68-61-60(55-45-56-57(46-59(55)71-61)67(17,18)40-39-66(56,15)16)70(42-32-54(69)43-48(2)3)53-30-28-51(29-31-53)49(4)5/h20-23,25-32,41,43-46,49H,19,24,33-40,42,47H2,1-18H3/b21-20-,23-22-,26-25+,41-27+,52-44+,54-32+,58-50-. The van der Waals surface area contributed by atoms with Gasteiger partial charge in [-0.2, -0.15) is 0 Å². The maximum absolute atomic E-state index is 2.64. The van der Waals surface area contributed by atoms with Crippen molar-refractivity contribution in [1.29, 1.82) is 0 Å². The Balaban J connectivity index is 1.50. The lowest BCUT2D eigenvalue weighted by molar-refractivity contribution is 0.199. The minimum Gasteiger partial charge on any atom is -0.337 e. The van der Waals surface area contributed by atoms with Crippen LogP contribution >= 0.6 is 11.3 Å². The maximum Gasteiger partial charge on any atom is 0.210 e. The minimum atomic E-state index is 0.109. The molecule has 1 fully saturated rings. The lowest BCUT2D eigenvalue weighted by atomic mass is 9.60. The number of anilines is 2. The van der Waals surface area contributed by atoms with Crippen LogP contribution in [0, 0.1) is 21.7 Å². The maximum atomic E-state index is 2.64. The summed E-state index contributed by atoms with van der Waals surface area (Å²) in [5.74, 6) is 0.470. The molecule has 0 bridgehead atoms. The van der Waals surface area contributed by atoms with Crippen LogP contribution in [-0.2, 0) is 10.8 Å². The summed E-state index contributed by atoms with van der Waals surface area (Å²) in [6.07, 6.45) is 38.5. The Labute approximate surface area is 440 Å². The van der Waals surface area contributed by atoms with Gasteiger partial charge in [0.2, 0.25) is 7.28 Å². The second-order valence-electron chi connectivity index (χ2n) is 26.7. The van der Waals surface area contributed by atoms with E-state index in [1.807, 2.05) is 11.3 Å². The molecule has 383 valence electrons. The number of rotatable bonds is 16. The summed E-state index contributed by atoms with van der Waals surface area (Å²) in [7, 11) is 2.59. The Morgan fingerprint density at radius 3 is 1.99 bits per heavy atom. The van der Waals surface area contributed by atoms with E-state index in [1.54, 1.807) is 5.57 Å². The number of thiophene rings is 1. The zero-order valence-corrected chi connectivity index (χ0v) is 49.1. The summed E-state index contributed by atoms with van der Waals surface area (Å²) < 4.78 is 2.73. The Hall–Kier alpha value is -4.02. The van der Waals surface area contributed by atoms with E-state index in [1.165, 1.54) is 104 Å². The number of hydrogen-bond acceptors (Lipinski definition) is 3. The predicted octanol–water partition coefficient (Wildman–Crippen LogP) is 20.0. The zero-order valence-electron chi connectivity index (χ0n) is 48.3. The average molecular weight is 972 g/mol. The number of nitrogens with zero attached hydrogens (tertiary/aromatic N) is 2. The normalized spacial score (nSPS) is 21.9. The Morgan fingerprint density at radius 2 is 1.37 bits per heavy atom. The molecule has 2 nitrogen and oxygen atoms in total. The number of fused-ring (bicyclic) bond motifs is 4. The molecule has 3 aromatic rings. The van der Waals surface area contributed by atoms with E-state index in [0.29, 0.717) is 5.92 Å². The van der Waals surface area contributed by atoms with Gasteiger partial charge in [0.1, 0.15) is 0 Å². The van der Waals surface area contributed by atoms with Crippen molar-refractivity contribution in [2.75, 3.05) is 11.4 Å². The van der Waals surface area contributed by atoms with Crippen LogP contribution in [0.2, 0.25) is 0 Å². The minimum absolute atomic E-state index is 0.109. The summed E-state index contributed by atoms with van der Waals surface area (Å²) in [4.78, 5) is 5.18. The van der Waals surface area contributed by atoms with E-state index < -0.39 is 0 Å². The molecule has 0 unspecified atom stereocenters. The van der Waals surface area contributed by atoms with Crippen molar-refractivity contribution in [3.05, 3.63) is 148 Å². The molecule has 2 heterocycles. The predicted molar refractivity (Wildman–Crippen MR) is 319 cm³/mol. The molecule has 6 rings (SSSR count). The van der Waals surface area contributed by atoms with Crippen molar-refractivity contribution < 1.29 is 0 Å². The van der Waals surface area contributed by atoms with Crippen molar-refractivity contribution in [2.24, 2.45) is 21.7 Å². The van der Waals surface area contributed by atoms with Crippen LogP contribution in [0.5, 0.6) is 0 Å². The van der Waals surface area contributed by atoms with Gasteiger partial charge < -0.3 is 9.80 Å². The van der Waals surface area contributed by atoms with E-state index in [-0.39, 0.29) is 32.5 Å². The summed E-state index contributed by atoms with van der Waals surface area (Å²) in [5, 5.41) is 1.38. The molecule has 2 aliphatic carbocycles. The molecule has 3 aliphatic rings. The summed E-state index contributed by atoms with van der Waals surface area (Å²) in [6, 6.07) is 14.7. The molecule has 0 spiro atoms. The molecule has 1 saturated carbocycles. The van der Waals surface area contributed by atoms with E-state index in [0.717, 1.165) is 38.6 Å². The Kier molecular flexibility index (Phi) is 17.9. The van der Waals surface area contributed by atoms with Gasteiger partial charge in [-0.05, 0) is 188 Å². The molecule has 0 amide bonds. The summed E-state index contributed by atoms with van der Waals surface area (Å²) in [6.45, 7) is 44.1. The number of hydrogen-bond donors (Lipinski definition) is 0. The van der Waals surface area contributed by atoms with Crippen molar-refractivity contribution >= 4 is 44.9 Å². The first-order chi connectivity index (χ1) is 33.1. The van der Waals surface area contributed by atoms with Gasteiger partial charge >= 0.3 is 0 Å². The Morgan fingerprint density at radius 1 is 0.761 bits per heavy atom. The van der Waals surface area contributed by atoms with Crippen LogP contribution in [0.4, 0.5) is 11.4 Å². The fourth-order valence-electron chi connectivity index (χ4n) is 10.9. The number of allylic oxidation sites excluding steroid dienone is 13. The monoisotopic (exact) mass is 972 g/mol. The van der Waals surface area contributed by atoms with Crippen LogP contribution in [0.1, 0.15) is 218 Å². The molecule has 0 saturated heterocycles. The SMILES string of the molecule is CC/C=C\C=C/C/C=C/CC(C)(C)CCC(C)(C)C/C=C/N1/C(C=C(C)C)=C/CN(c2ccc(C(C)C)cc2)c2c(sc3cc4c(cc23)C(C)(C)CCC4(C)C)[B]C(/C=C2\CC(C)(C)CCC2(C)C)=C\1C. The van der Waals surface area contributed by atoms with E-state index in [9.17, 15) is 0 Å². The van der Waals surface area contributed by atoms with Crippen molar-refractivity contribution in [3.63, 3.8) is 0 Å². The third-order valence-electron chi connectivity index (χ3n) is 16.5. The van der Waals surface area contributed by atoms with Crippen LogP contribution in [0.25, 0.3) is 10.1 Å². The highest BCUT2D eigenvalue weighted by molar-refractivity contribution is 7.29. The van der Waals surface area contributed by atoms with Crippen LogP contribution < -0.4 is 9.68 Å². The molecule has 0 N–H and O–H groups in total. The highest BCUT2D eigenvalue weighted by Crippen LogP contribution is 2.51. The van der Waals surface area contributed by atoms with Crippen molar-refractivity contribution in [1.82, 2.24) is 4.90 Å². The van der Waals surface area contributed by atoms with Gasteiger partial charge in [-0.1, -0.05) is 181 Å².